The third kappa shape index (κ3) is 3.60. The van der Waals surface area contributed by atoms with Crippen LogP contribution in [0.4, 0.5) is 0 Å². The second-order valence-corrected chi connectivity index (χ2v) is 2.74. The van der Waals surface area contributed by atoms with Crippen molar-refractivity contribution in [2.45, 2.75) is 13.8 Å². The maximum absolute atomic E-state index is 11.0. The second-order valence-electron chi connectivity index (χ2n) is 2.74. The molecule has 0 aromatic rings. The van der Waals surface area contributed by atoms with Gasteiger partial charge >= 0.3 is 5.97 Å². The van der Waals surface area contributed by atoms with Crippen LogP contribution in [0.2, 0.25) is 0 Å². The molecule has 0 bridgehead atoms. The molecule has 0 aliphatic carbocycles. The molecule has 0 unspecified atom stereocenters. The molecule has 0 saturated heterocycles. The van der Waals surface area contributed by atoms with E-state index in [1.54, 1.807) is 13.8 Å². The summed E-state index contributed by atoms with van der Waals surface area (Å²) in [5.41, 5.74) is 0. The summed E-state index contributed by atoms with van der Waals surface area (Å²) in [6.45, 7) is 3.25. The van der Waals surface area contributed by atoms with E-state index in [0.717, 1.165) is 0 Å². The molecular formula is C7H13NO3. The summed E-state index contributed by atoms with van der Waals surface area (Å²) in [5.74, 6) is -1.27. The Morgan fingerprint density at radius 2 is 1.91 bits per heavy atom. The predicted molar refractivity (Wildman–Crippen MR) is 40.1 cm³/mol. The van der Waals surface area contributed by atoms with Gasteiger partial charge in [-0.3, -0.25) is 9.59 Å². The van der Waals surface area contributed by atoms with E-state index >= 15 is 0 Å². The summed E-state index contributed by atoms with van der Waals surface area (Å²) in [4.78, 5) is 22.4. The number of carboxylic acids is 1. The summed E-state index contributed by atoms with van der Waals surface area (Å²) in [7, 11) is 1.48. The Morgan fingerprint density at radius 3 is 2.18 bits per heavy atom. The highest BCUT2D eigenvalue weighted by atomic mass is 16.4. The van der Waals surface area contributed by atoms with E-state index in [0.29, 0.717) is 0 Å². The van der Waals surface area contributed by atoms with Crippen LogP contribution >= 0.6 is 0 Å². The lowest BCUT2D eigenvalue weighted by atomic mass is 10.2. The smallest absolute Gasteiger partial charge is 0.323 e. The van der Waals surface area contributed by atoms with Crippen molar-refractivity contribution in [1.29, 1.82) is 0 Å². The molecule has 0 rings (SSSR count). The molecule has 1 N–H and O–H groups in total. The summed E-state index contributed by atoms with van der Waals surface area (Å²) >= 11 is 0. The number of amides is 1. The number of rotatable bonds is 3. The van der Waals surface area contributed by atoms with Crippen LogP contribution < -0.4 is 0 Å². The van der Waals surface area contributed by atoms with Crippen LogP contribution in [0.3, 0.4) is 0 Å². The normalized spacial score (nSPS) is 9.82. The molecular weight excluding hydrogens is 146 g/mol. The summed E-state index contributed by atoms with van der Waals surface area (Å²) < 4.78 is 0. The van der Waals surface area contributed by atoms with E-state index in [2.05, 4.69) is 0 Å². The van der Waals surface area contributed by atoms with Gasteiger partial charge in [0.25, 0.3) is 0 Å². The lowest BCUT2D eigenvalue weighted by Crippen LogP contribution is -2.34. The lowest BCUT2D eigenvalue weighted by molar-refractivity contribution is -0.144. The van der Waals surface area contributed by atoms with Crippen LogP contribution in [-0.2, 0) is 9.59 Å². The maximum Gasteiger partial charge on any atom is 0.323 e. The molecule has 0 radical (unpaired) electrons. The maximum atomic E-state index is 11.0. The van der Waals surface area contributed by atoms with Crippen molar-refractivity contribution in [3.8, 4) is 0 Å². The Kier molecular flexibility index (Phi) is 3.57. The summed E-state index contributed by atoms with van der Waals surface area (Å²) in [5, 5.41) is 8.32. The second kappa shape index (κ2) is 3.95. The fraction of sp³-hybridized carbons (Fsp3) is 0.714. The molecule has 1 amide bonds. The molecule has 0 fully saturated rings. The average Bonchev–Trinajstić information content (AvgIpc) is 1.84. The number of aliphatic carboxylic acids is 1. The third-order valence-corrected chi connectivity index (χ3v) is 1.24. The molecule has 0 aliphatic rings. The highest BCUT2D eigenvalue weighted by Gasteiger charge is 2.14. The van der Waals surface area contributed by atoms with Gasteiger partial charge in [-0.15, -0.1) is 0 Å². The van der Waals surface area contributed by atoms with Crippen LogP contribution in [0.5, 0.6) is 0 Å². The average molecular weight is 159 g/mol. The quantitative estimate of drug-likeness (QED) is 0.639. The SMILES string of the molecule is CC(C)C(=O)N(C)CC(=O)O. The van der Waals surface area contributed by atoms with Crippen molar-refractivity contribution in [1.82, 2.24) is 4.90 Å². The molecule has 4 nitrogen and oxygen atoms in total. The zero-order valence-electron chi connectivity index (χ0n) is 7.00. The number of likely N-dealkylation sites (N-methyl/N-ethyl adjacent to an activating group) is 1. The van der Waals surface area contributed by atoms with Gasteiger partial charge in [-0.1, -0.05) is 13.8 Å². The zero-order valence-corrected chi connectivity index (χ0v) is 7.00. The number of hydrogen-bond acceptors (Lipinski definition) is 2. The van der Waals surface area contributed by atoms with Crippen molar-refractivity contribution in [3.05, 3.63) is 0 Å². The van der Waals surface area contributed by atoms with Gasteiger partial charge in [0.1, 0.15) is 6.54 Å². The van der Waals surface area contributed by atoms with Crippen LogP contribution in [0.1, 0.15) is 13.8 Å². The Balaban J connectivity index is 3.93. The highest BCUT2D eigenvalue weighted by molar-refractivity contribution is 5.82. The highest BCUT2D eigenvalue weighted by Crippen LogP contribution is 1.97. The van der Waals surface area contributed by atoms with Gasteiger partial charge in [-0.25, -0.2) is 0 Å². The number of nitrogens with zero attached hydrogens (tertiary/aromatic N) is 1. The molecule has 0 aliphatic heterocycles. The van der Waals surface area contributed by atoms with Crippen molar-refractivity contribution >= 4 is 11.9 Å². The van der Waals surface area contributed by atoms with Gasteiger partial charge in [0.15, 0.2) is 0 Å². The molecule has 0 spiro atoms. The van der Waals surface area contributed by atoms with Crippen LogP contribution in [0.25, 0.3) is 0 Å². The summed E-state index contributed by atoms with van der Waals surface area (Å²) in [6, 6.07) is 0. The van der Waals surface area contributed by atoms with E-state index in [9.17, 15) is 9.59 Å². The van der Waals surface area contributed by atoms with Crippen molar-refractivity contribution < 1.29 is 14.7 Å². The van der Waals surface area contributed by atoms with Crippen molar-refractivity contribution in [3.63, 3.8) is 0 Å². The monoisotopic (exact) mass is 159 g/mol. The van der Waals surface area contributed by atoms with Crippen molar-refractivity contribution in [2.75, 3.05) is 13.6 Å². The largest absolute Gasteiger partial charge is 0.480 e. The molecule has 4 heteroatoms. The fourth-order valence-corrected chi connectivity index (χ4v) is 0.722. The van der Waals surface area contributed by atoms with Crippen LogP contribution in [-0.4, -0.2) is 35.5 Å². The third-order valence-electron chi connectivity index (χ3n) is 1.24. The van der Waals surface area contributed by atoms with Crippen LogP contribution in [0, 0.1) is 5.92 Å². The Bertz CT molecular complexity index is 165. The van der Waals surface area contributed by atoms with Gasteiger partial charge in [0, 0.05) is 13.0 Å². The van der Waals surface area contributed by atoms with E-state index < -0.39 is 5.97 Å². The predicted octanol–water partition coefficient (Wildman–Crippen LogP) is 0.185. The molecule has 0 aromatic carbocycles. The first-order chi connectivity index (χ1) is 4.95. The number of carboxylic acid groups (broad SMARTS) is 1. The minimum atomic E-state index is -0.985. The summed E-state index contributed by atoms with van der Waals surface area (Å²) in [6.07, 6.45) is 0. The van der Waals surface area contributed by atoms with Gasteiger partial charge in [-0.05, 0) is 0 Å². The standard InChI is InChI=1S/C7H13NO3/c1-5(2)7(11)8(3)4-6(9)10/h5H,4H2,1-3H3,(H,9,10). The van der Waals surface area contributed by atoms with E-state index in [1.807, 2.05) is 0 Å². The first kappa shape index (κ1) is 9.94. The Morgan fingerprint density at radius 1 is 1.45 bits per heavy atom. The molecule has 64 valence electrons. The van der Waals surface area contributed by atoms with Gasteiger partial charge < -0.3 is 10.0 Å². The fourth-order valence-electron chi connectivity index (χ4n) is 0.722. The zero-order chi connectivity index (χ0) is 9.02. The van der Waals surface area contributed by atoms with E-state index in [-0.39, 0.29) is 18.4 Å². The topological polar surface area (TPSA) is 57.6 Å². The minimum Gasteiger partial charge on any atom is -0.480 e. The number of carbonyl (C=O) groups excluding carboxylic acids is 1. The Labute approximate surface area is 65.8 Å². The molecule has 0 aromatic heterocycles. The van der Waals surface area contributed by atoms with E-state index in [1.165, 1.54) is 11.9 Å². The minimum absolute atomic E-state index is 0.139. The molecule has 0 saturated carbocycles. The first-order valence-electron chi connectivity index (χ1n) is 3.42. The number of hydrogen-bond donors (Lipinski definition) is 1. The van der Waals surface area contributed by atoms with Crippen LogP contribution in [0.15, 0.2) is 0 Å². The van der Waals surface area contributed by atoms with Gasteiger partial charge in [0.2, 0.25) is 5.91 Å². The first-order valence-corrected chi connectivity index (χ1v) is 3.42. The molecule has 0 atom stereocenters. The van der Waals surface area contributed by atoms with Gasteiger partial charge in [0.05, 0.1) is 0 Å². The van der Waals surface area contributed by atoms with E-state index in [4.69, 9.17) is 5.11 Å². The molecule has 0 heterocycles. The Hall–Kier alpha value is -1.06. The molecule has 11 heavy (non-hydrogen) atoms. The van der Waals surface area contributed by atoms with Crippen molar-refractivity contribution in [2.24, 2.45) is 5.92 Å². The lowest BCUT2D eigenvalue weighted by Gasteiger charge is -2.16. The number of carbonyl (C=O) groups is 2. The van der Waals surface area contributed by atoms with Gasteiger partial charge in [-0.2, -0.15) is 0 Å².